The standard InChI is InChI=1S/C22H27BrN2O4/c1-4-20(22(27)24-5-2)25(14-16-7-6-8-19(13-16)28-3)21(26)15-29-18-11-9-17(23)10-12-18/h6-13,20H,4-5,14-15H2,1-3H3,(H,24,27)/t20-/m0/s1. The number of nitrogens with one attached hydrogen (secondary N) is 1. The smallest absolute Gasteiger partial charge is 0.261 e. The molecule has 0 aromatic heterocycles. The van der Waals surface area contributed by atoms with Gasteiger partial charge in [0.2, 0.25) is 5.91 Å². The Morgan fingerprint density at radius 2 is 1.83 bits per heavy atom. The fourth-order valence-electron chi connectivity index (χ4n) is 2.94. The molecule has 0 saturated heterocycles. The van der Waals surface area contributed by atoms with Gasteiger partial charge in [0.25, 0.3) is 5.91 Å². The molecule has 1 atom stereocenters. The molecule has 0 aliphatic rings. The second-order valence-corrected chi connectivity index (χ2v) is 7.35. The summed E-state index contributed by atoms with van der Waals surface area (Å²) < 4.78 is 11.9. The molecule has 6 nitrogen and oxygen atoms in total. The van der Waals surface area contributed by atoms with Crippen LogP contribution in [0.3, 0.4) is 0 Å². The first-order chi connectivity index (χ1) is 14.0. The van der Waals surface area contributed by atoms with Crippen molar-refractivity contribution in [2.75, 3.05) is 20.3 Å². The number of benzene rings is 2. The molecule has 0 saturated carbocycles. The zero-order chi connectivity index (χ0) is 21.2. The topological polar surface area (TPSA) is 67.9 Å². The van der Waals surface area contributed by atoms with E-state index in [2.05, 4.69) is 21.2 Å². The van der Waals surface area contributed by atoms with Gasteiger partial charge in [-0.15, -0.1) is 0 Å². The minimum Gasteiger partial charge on any atom is -0.497 e. The van der Waals surface area contributed by atoms with Gasteiger partial charge in [-0.25, -0.2) is 0 Å². The summed E-state index contributed by atoms with van der Waals surface area (Å²) in [5.74, 6) is 0.865. The lowest BCUT2D eigenvalue weighted by molar-refractivity contribution is -0.142. The van der Waals surface area contributed by atoms with Gasteiger partial charge in [0.15, 0.2) is 6.61 Å². The summed E-state index contributed by atoms with van der Waals surface area (Å²) in [6.45, 7) is 4.39. The van der Waals surface area contributed by atoms with E-state index in [1.165, 1.54) is 0 Å². The molecule has 2 amide bonds. The molecular weight excluding hydrogens is 436 g/mol. The van der Waals surface area contributed by atoms with E-state index in [-0.39, 0.29) is 25.0 Å². The minimum atomic E-state index is -0.581. The monoisotopic (exact) mass is 462 g/mol. The zero-order valence-electron chi connectivity index (χ0n) is 17.0. The Labute approximate surface area is 180 Å². The van der Waals surface area contributed by atoms with Crippen LogP contribution in [0.4, 0.5) is 0 Å². The highest BCUT2D eigenvalue weighted by molar-refractivity contribution is 9.10. The Bertz CT molecular complexity index is 811. The van der Waals surface area contributed by atoms with Crippen LogP contribution in [0.15, 0.2) is 53.0 Å². The third-order valence-corrected chi connectivity index (χ3v) is 4.93. The van der Waals surface area contributed by atoms with Crippen LogP contribution in [0.25, 0.3) is 0 Å². The molecule has 0 aliphatic carbocycles. The van der Waals surface area contributed by atoms with E-state index in [0.717, 1.165) is 10.0 Å². The molecule has 0 unspecified atom stereocenters. The summed E-state index contributed by atoms with van der Waals surface area (Å²) in [4.78, 5) is 27.2. The molecule has 2 aromatic rings. The zero-order valence-corrected chi connectivity index (χ0v) is 18.6. The van der Waals surface area contributed by atoms with Gasteiger partial charge in [-0.05, 0) is 55.3 Å². The summed E-state index contributed by atoms with van der Waals surface area (Å²) in [7, 11) is 1.59. The van der Waals surface area contributed by atoms with Crippen molar-refractivity contribution < 1.29 is 19.1 Å². The van der Waals surface area contributed by atoms with E-state index >= 15 is 0 Å². The van der Waals surface area contributed by atoms with Crippen molar-refractivity contribution in [1.82, 2.24) is 10.2 Å². The molecule has 29 heavy (non-hydrogen) atoms. The minimum absolute atomic E-state index is 0.151. The quantitative estimate of drug-likeness (QED) is 0.583. The fourth-order valence-corrected chi connectivity index (χ4v) is 3.20. The number of amides is 2. The second kappa shape index (κ2) is 11.5. The van der Waals surface area contributed by atoms with Gasteiger partial charge >= 0.3 is 0 Å². The predicted molar refractivity (Wildman–Crippen MR) is 116 cm³/mol. The van der Waals surface area contributed by atoms with E-state index in [4.69, 9.17) is 9.47 Å². The molecule has 0 radical (unpaired) electrons. The summed E-state index contributed by atoms with van der Waals surface area (Å²) in [5, 5.41) is 2.82. The average molecular weight is 463 g/mol. The summed E-state index contributed by atoms with van der Waals surface area (Å²) in [5.41, 5.74) is 0.879. The summed E-state index contributed by atoms with van der Waals surface area (Å²) in [6.07, 6.45) is 0.500. The van der Waals surface area contributed by atoms with Crippen molar-refractivity contribution in [3.8, 4) is 11.5 Å². The fraction of sp³-hybridized carbons (Fsp3) is 0.364. The van der Waals surface area contributed by atoms with Gasteiger partial charge in [-0.3, -0.25) is 9.59 Å². The van der Waals surface area contributed by atoms with Crippen LogP contribution in [0.5, 0.6) is 11.5 Å². The average Bonchev–Trinajstić information content (AvgIpc) is 2.73. The lowest BCUT2D eigenvalue weighted by Gasteiger charge is -2.30. The van der Waals surface area contributed by atoms with Crippen molar-refractivity contribution >= 4 is 27.7 Å². The number of methoxy groups -OCH3 is 1. The number of hydrogen-bond acceptors (Lipinski definition) is 4. The highest BCUT2D eigenvalue weighted by Gasteiger charge is 2.28. The van der Waals surface area contributed by atoms with Gasteiger partial charge in [0.1, 0.15) is 17.5 Å². The third kappa shape index (κ3) is 6.78. The van der Waals surface area contributed by atoms with Crippen LogP contribution in [-0.2, 0) is 16.1 Å². The first-order valence-corrected chi connectivity index (χ1v) is 10.4. The number of rotatable bonds is 10. The Hall–Kier alpha value is -2.54. The molecule has 0 spiro atoms. The maximum Gasteiger partial charge on any atom is 0.261 e. The van der Waals surface area contributed by atoms with E-state index in [0.29, 0.717) is 24.5 Å². The maximum absolute atomic E-state index is 13.0. The van der Waals surface area contributed by atoms with Gasteiger partial charge in [-0.1, -0.05) is 35.0 Å². The lowest BCUT2D eigenvalue weighted by Crippen LogP contribution is -2.50. The van der Waals surface area contributed by atoms with Gasteiger partial charge in [0.05, 0.1) is 7.11 Å². The van der Waals surface area contributed by atoms with E-state index in [1.807, 2.05) is 50.2 Å². The molecule has 0 fully saturated rings. The van der Waals surface area contributed by atoms with Crippen LogP contribution in [0.1, 0.15) is 25.8 Å². The number of halogens is 1. The number of ether oxygens (including phenoxy) is 2. The summed E-state index contributed by atoms with van der Waals surface area (Å²) >= 11 is 3.37. The second-order valence-electron chi connectivity index (χ2n) is 6.43. The van der Waals surface area contributed by atoms with Crippen molar-refractivity contribution in [2.45, 2.75) is 32.9 Å². The molecule has 156 valence electrons. The molecule has 1 N–H and O–H groups in total. The molecule has 0 bridgehead atoms. The molecule has 2 rings (SSSR count). The van der Waals surface area contributed by atoms with Crippen LogP contribution >= 0.6 is 15.9 Å². The van der Waals surface area contributed by atoms with E-state index in [1.54, 1.807) is 24.1 Å². The molecule has 0 heterocycles. The number of hydrogen-bond donors (Lipinski definition) is 1. The Morgan fingerprint density at radius 3 is 2.45 bits per heavy atom. The molecule has 0 aliphatic heterocycles. The SMILES string of the molecule is CCNC(=O)[C@H](CC)N(Cc1cccc(OC)c1)C(=O)COc1ccc(Br)cc1. The number of likely N-dealkylation sites (N-methyl/N-ethyl adjacent to an activating group) is 1. The Morgan fingerprint density at radius 1 is 1.10 bits per heavy atom. The highest BCUT2D eigenvalue weighted by Crippen LogP contribution is 2.19. The third-order valence-electron chi connectivity index (χ3n) is 4.40. The highest BCUT2D eigenvalue weighted by atomic mass is 79.9. The molecule has 2 aromatic carbocycles. The van der Waals surface area contributed by atoms with Crippen molar-refractivity contribution in [2.24, 2.45) is 0 Å². The van der Waals surface area contributed by atoms with Gasteiger partial charge in [0, 0.05) is 17.6 Å². The van der Waals surface area contributed by atoms with Gasteiger partial charge < -0.3 is 19.7 Å². The van der Waals surface area contributed by atoms with Gasteiger partial charge in [-0.2, -0.15) is 0 Å². The van der Waals surface area contributed by atoms with E-state index < -0.39 is 6.04 Å². The Balaban J connectivity index is 2.20. The molecule has 7 heteroatoms. The van der Waals surface area contributed by atoms with Crippen LogP contribution in [0, 0.1) is 0 Å². The van der Waals surface area contributed by atoms with Crippen LogP contribution in [-0.4, -0.2) is 43.0 Å². The number of nitrogens with zero attached hydrogens (tertiary/aromatic N) is 1. The summed E-state index contributed by atoms with van der Waals surface area (Å²) in [6, 6.07) is 14.1. The number of carbonyl (C=O) groups is 2. The number of carbonyl (C=O) groups excluding carboxylic acids is 2. The maximum atomic E-state index is 13.0. The first kappa shape index (κ1) is 22.7. The van der Waals surface area contributed by atoms with E-state index in [9.17, 15) is 9.59 Å². The Kier molecular flexibility index (Phi) is 8.99. The van der Waals surface area contributed by atoms with Crippen LogP contribution in [0.2, 0.25) is 0 Å². The largest absolute Gasteiger partial charge is 0.497 e. The normalized spacial score (nSPS) is 11.4. The lowest BCUT2D eigenvalue weighted by atomic mass is 10.1. The van der Waals surface area contributed by atoms with Crippen LogP contribution < -0.4 is 14.8 Å². The first-order valence-electron chi connectivity index (χ1n) is 9.56. The van der Waals surface area contributed by atoms with Crippen molar-refractivity contribution in [3.05, 3.63) is 58.6 Å². The molecular formula is C22H27BrN2O4. The van der Waals surface area contributed by atoms with Crippen molar-refractivity contribution in [3.63, 3.8) is 0 Å². The van der Waals surface area contributed by atoms with Crippen molar-refractivity contribution in [1.29, 1.82) is 0 Å². The predicted octanol–water partition coefficient (Wildman–Crippen LogP) is 3.78.